The van der Waals surface area contributed by atoms with Crippen molar-refractivity contribution in [1.29, 1.82) is 0 Å². The van der Waals surface area contributed by atoms with Crippen LogP contribution in [0.2, 0.25) is 0 Å². The Kier molecular flexibility index (Phi) is 6.46. The summed E-state index contributed by atoms with van der Waals surface area (Å²) in [6.45, 7) is 4.31. The van der Waals surface area contributed by atoms with E-state index >= 15 is 0 Å². The SMILES string of the molecule is COC(=O)C1=C(C)N=C2SC=C(CC(=O)NCc3ccccc3)N2C1c1cccc(C)c1. The molecule has 4 rings (SSSR count). The summed E-state index contributed by atoms with van der Waals surface area (Å²) in [6.07, 6.45) is 0.189. The molecule has 2 aliphatic heterocycles. The van der Waals surface area contributed by atoms with Crippen molar-refractivity contribution in [2.45, 2.75) is 32.9 Å². The summed E-state index contributed by atoms with van der Waals surface area (Å²) in [5.74, 6) is -0.502. The number of amidine groups is 1. The summed E-state index contributed by atoms with van der Waals surface area (Å²) in [5.41, 5.74) is 5.01. The normalized spacial score (nSPS) is 17.5. The highest BCUT2D eigenvalue weighted by Gasteiger charge is 2.40. The molecule has 2 aliphatic rings. The van der Waals surface area contributed by atoms with Gasteiger partial charge in [-0.2, -0.15) is 0 Å². The highest BCUT2D eigenvalue weighted by atomic mass is 32.2. The van der Waals surface area contributed by atoms with Crippen LogP contribution in [-0.2, 0) is 20.9 Å². The smallest absolute Gasteiger partial charge is 0.338 e. The van der Waals surface area contributed by atoms with Gasteiger partial charge >= 0.3 is 5.97 Å². The lowest BCUT2D eigenvalue weighted by Crippen LogP contribution is -2.37. The Morgan fingerprint density at radius 1 is 1.12 bits per heavy atom. The lowest BCUT2D eigenvalue weighted by Gasteiger charge is -2.36. The Labute approximate surface area is 192 Å². The molecule has 2 heterocycles. The van der Waals surface area contributed by atoms with Crippen LogP contribution in [0.1, 0.15) is 36.1 Å². The van der Waals surface area contributed by atoms with E-state index in [2.05, 4.69) is 16.4 Å². The molecule has 6 nitrogen and oxygen atoms in total. The number of hydrogen-bond acceptors (Lipinski definition) is 6. The van der Waals surface area contributed by atoms with Gasteiger partial charge in [-0.15, -0.1) is 0 Å². The number of carbonyl (C=O) groups excluding carboxylic acids is 2. The number of amides is 1. The van der Waals surface area contributed by atoms with Gasteiger partial charge in [0.2, 0.25) is 5.91 Å². The van der Waals surface area contributed by atoms with Crippen LogP contribution < -0.4 is 5.32 Å². The van der Waals surface area contributed by atoms with Crippen molar-refractivity contribution in [3.63, 3.8) is 0 Å². The van der Waals surface area contributed by atoms with Crippen LogP contribution in [0.4, 0.5) is 0 Å². The summed E-state index contributed by atoms with van der Waals surface area (Å²) in [4.78, 5) is 32.1. The number of carbonyl (C=O) groups is 2. The fourth-order valence-electron chi connectivity index (χ4n) is 3.92. The monoisotopic (exact) mass is 447 g/mol. The van der Waals surface area contributed by atoms with Crippen molar-refractivity contribution in [3.05, 3.63) is 93.7 Å². The second kappa shape index (κ2) is 9.44. The average molecular weight is 448 g/mol. The van der Waals surface area contributed by atoms with Gasteiger partial charge in [-0.25, -0.2) is 9.79 Å². The molecular formula is C25H25N3O3S. The van der Waals surface area contributed by atoms with Gasteiger partial charge in [0.1, 0.15) is 0 Å². The molecule has 2 aromatic carbocycles. The Hall–Kier alpha value is -3.32. The van der Waals surface area contributed by atoms with E-state index in [0.717, 1.165) is 27.6 Å². The molecule has 0 saturated carbocycles. The predicted molar refractivity (Wildman–Crippen MR) is 126 cm³/mol. The third kappa shape index (κ3) is 4.48. The first-order valence-electron chi connectivity index (χ1n) is 10.4. The third-order valence-electron chi connectivity index (χ3n) is 5.44. The number of methoxy groups -OCH3 is 1. The molecular weight excluding hydrogens is 422 g/mol. The molecule has 1 atom stereocenters. The van der Waals surface area contributed by atoms with Crippen molar-refractivity contribution < 1.29 is 14.3 Å². The Morgan fingerprint density at radius 2 is 1.91 bits per heavy atom. The van der Waals surface area contributed by atoms with Crippen LogP contribution in [0.3, 0.4) is 0 Å². The van der Waals surface area contributed by atoms with Gasteiger partial charge in [0.15, 0.2) is 5.17 Å². The first-order valence-corrected chi connectivity index (χ1v) is 11.3. The Balaban J connectivity index is 1.61. The van der Waals surface area contributed by atoms with Crippen molar-refractivity contribution in [1.82, 2.24) is 10.2 Å². The number of aryl methyl sites for hydroxylation is 1. The van der Waals surface area contributed by atoms with Gasteiger partial charge in [-0.1, -0.05) is 71.9 Å². The number of rotatable bonds is 6. The number of allylic oxidation sites excluding steroid dienone is 1. The molecule has 2 aromatic rings. The first kappa shape index (κ1) is 21.9. The van der Waals surface area contributed by atoms with Crippen LogP contribution in [-0.4, -0.2) is 29.1 Å². The Bertz CT molecular complexity index is 1140. The third-order valence-corrected chi connectivity index (χ3v) is 6.33. The van der Waals surface area contributed by atoms with Crippen LogP contribution in [0.15, 0.2) is 82.0 Å². The maximum absolute atomic E-state index is 12.7. The number of aliphatic imine (C=N–C) groups is 1. The molecule has 32 heavy (non-hydrogen) atoms. The molecule has 0 aliphatic carbocycles. The van der Waals surface area contributed by atoms with E-state index in [0.29, 0.717) is 17.8 Å². The molecule has 0 saturated heterocycles. The van der Waals surface area contributed by atoms with Gasteiger partial charge in [0, 0.05) is 12.2 Å². The summed E-state index contributed by atoms with van der Waals surface area (Å²) in [6, 6.07) is 17.4. The first-order chi connectivity index (χ1) is 15.5. The summed E-state index contributed by atoms with van der Waals surface area (Å²) >= 11 is 1.47. The van der Waals surface area contributed by atoms with Crippen molar-refractivity contribution >= 4 is 28.8 Å². The number of esters is 1. The van der Waals surface area contributed by atoms with E-state index in [1.165, 1.54) is 18.9 Å². The van der Waals surface area contributed by atoms with Crippen LogP contribution >= 0.6 is 11.8 Å². The maximum atomic E-state index is 12.7. The second-order valence-electron chi connectivity index (χ2n) is 7.74. The molecule has 0 fully saturated rings. The second-order valence-corrected chi connectivity index (χ2v) is 8.57. The van der Waals surface area contributed by atoms with E-state index in [1.54, 1.807) is 0 Å². The summed E-state index contributed by atoms with van der Waals surface area (Å²) < 4.78 is 5.10. The van der Waals surface area contributed by atoms with Gasteiger partial charge in [0.05, 0.1) is 30.8 Å². The number of fused-ring (bicyclic) bond motifs is 1. The average Bonchev–Trinajstić information content (AvgIpc) is 3.18. The van der Waals surface area contributed by atoms with Crippen molar-refractivity contribution in [2.24, 2.45) is 4.99 Å². The molecule has 0 bridgehead atoms. The van der Waals surface area contributed by atoms with E-state index in [9.17, 15) is 9.59 Å². The van der Waals surface area contributed by atoms with Crippen molar-refractivity contribution in [3.8, 4) is 0 Å². The van der Waals surface area contributed by atoms with E-state index < -0.39 is 12.0 Å². The van der Waals surface area contributed by atoms with Gasteiger partial charge < -0.3 is 15.0 Å². The van der Waals surface area contributed by atoms with Gasteiger partial charge in [0.25, 0.3) is 0 Å². The maximum Gasteiger partial charge on any atom is 0.338 e. The quantitative estimate of drug-likeness (QED) is 0.663. The predicted octanol–water partition coefficient (Wildman–Crippen LogP) is 4.45. The minimum atomic E-state index is -0.415. The molecule has 0 spiro atoms. The molecule has 7 heteroatoms. The van der Waals surface area contributed by atoms with Crippen LogP contribution in [0.25, 0.3) is 0 Å². The topological polar surface area (TPSA) is 71.0 Å². The molecule has 1 unspecified atom stereocenters. The minimum absolute atomic E-state index is 0.0872. The number of nitrogens with one attached hydrogen (secondary N) is 1. The van der Waals surface area contributed by atoms with Gasteiger partial charge in [-0.3, -0.25) is 4.79 Å². The minimum Gasteiger partial charge on any atom is -0.466 e. The van der Waals surface area contributed by atoms with E-state index in [-0.39, 0.29) is 12.3 Å². The number of benzene rings is 2. The van der Waals surface area contributed by atoms with E-state index in [1.807, 2.05) is 72.7 Å². The summed E-state index contributed by atoms with van der Waals surface area (Å²) in [5, 5.41) is 5.68. The number of hydrogen-bond donors (Lipinski definition) is 1. The highest BCUT2D eigenvalue weighted by molar-refractivity contribution is 8.16. The summed E-state index contributed by atoms with van der Waals surface area (Å²) in [7, 11) is 1.38. The highest BCUT2D eigenvalue weighted by Crippen LogP contribution is 2.44. The number of thioether (sulfide) groups is 1. The largest absolute Gasteiger partial charge is 0.466 e. The zero-order valence-corrected chi connectivity index (χ0v) is 19.1. The van der Waals surface area contributed by atoms with Crippen molar-refractivity contribution in [2.75, 3.05) is 7.11 Å². The van der Waals surface area contributed by atoms with Crippen LogP contribution in [0, 0.1) is 6.92 Å². The molecule has 1 amide bonds. The van der Waals surface area contributed by atoms with Gasteiger partial charge in [-0.05, 0) is 30.4 Å². The lowest BCUT2D eigenvalue weighted by atomic mass is 9.93. The lowest BCUT2D eigenvalue weighted by molar-refractivity contribution is -0.136. The van der Waals surface area contributed by atoms with Crippen LogP contribution in [0.5, 0.6) is 0 Å². The standard InChI is InChI=1S/C25H25N3O3S/c1-16-8-7-11-19(12-16)23-22(24(30)31-3)17(2)27-25-28(23)20(15-32-25)13-21(29)26-14-18-9-5-4-6-10-18/h4-12,15,23H,13-14H2,1-3H3,(H,26,29). The zero-order valence-electron chi connectivity index (χ0n) is 18.3. The number of ether oxygens (including phenoxy) is 1. The Morgan fingerprint density at radius 3 is 2.62 bits per heavy atom. The molecule has 164 valence electrons. The zero-order chi connectivity index (χ0) is 22.7. The number of nitrogens with zero attached hydrogens (tertiary/aromatic N) is 2. The molecule has 1 N–H and O–H groups in total. The van der Waals surface area contributed by atoms with E-state index in [4.69, 9.17) is 4.74 Å². The molecule has 0 aromatic heterocycles. The fraction of sp³-hybridized carbons (Fsp3) is 0.240. The molecule has 0 radical (unpaired) electrons. The fourth-order valence-corrected chi connectivity index (χ4v) is 4.88.